The Balaban J connectivity index is 1.86. The van der Waals surface area contributed by atoms with Gasteiger partial charge >= 0.3 is 0 Å². The molecule has 1 aromatic carbocycles. The minimum atomic E-state index is 0.362. The predicted octanol–water partition coefficient (Wildman–Crippen LogP) is 4.86. The van der Waals surface area contributed by atoms with Gasteiger partial charge in [0.25, 0.3) is 0 Å². The van der Waals surface area contributed by atoms with Crippen molar-refractivity contribution in [3.8, 4) is 5.75 Å². The molecule has 0 amide bonds. The number of phenols is 1. The first kappa shape index (κ1) is 13.2. The minimum absolute atomic E-state index is 0.362. The van der Waals surface area contributed by atoms with Gasteiger partial charge in [-0.15, -0.1) is 11.3 Å². The van der Waals surface area contributed by atoms with Crippen molar-refractivity contribution in [1.29, 1.82) is 0 Å². The number of halogens is 1. The molecule has 0 saturated heterocycles. The van der Waals surface area contributed by atoms with Crippen LogP contribution in [0.15, 0.2) is 24.3 Å². The topological polar surface area (TPSA) is 32.3 Å². The van der Waals surface area contributed by atoms with Crippen LogP contribution in [-0.2, 0) is 6.42 Å². The van der Waals surface area contributed by atoms with Gasteiger partial charge in [-0.1, -0.05) is 6.07 Å². The lowest BCUT2D eigenvalue weighted by Gasteiger charge is -2.24. The molecular formula is C15H16INOS. The summed E-state index contributed by atoms with van der Waals surface area (Å²) in [5, 5.41) is 13.4. The second-order valence-electron chi connectivity index (χ2n) is 5.02. The first-order valence-corrected chi connectivity index (χ1v) is 8.37. The maximum absolute atomic E-state index is 9.79. The van der Waals surface area contributed by atoms with Crippen LogP contribution in [0.2, 0.25) is 0 Å². The van der Waals surface area contributed by atoms with E-state index < -0.39 is 0 Å². The van der Waals surface area contributed by atoms with E-state index in [1.54, 1.807) is 0 Å². The van der Waals surface area contributed by atoms with E-state index in [0.717, 1.165) is 17.7 Å². The quantitative estimate of drug-likeness (QED) is 0.724. The van der Waals surface area contributed by atoms with Crippen LogP contribution in [0.3, 0.4) is 0 Å². The molecule has 1 atom stereocenters. The fraction of sp³-hybridized carbons (Fsp3) is 0.333. The maximum atomic E-state index is 9.79. The standard InChI is InChI=1S/C15H16INOS/c1-9-5-6-10(7-13(9)18)17-12-3-2-4-14-11(12)8-15(16)19-14/h5-8,12,17-18H,2-4H2,1H3. The van der Waals surface area contributed by atoms with Crippen LogP contribution in [0.1, 0.15) is 34.9 Å². The average molecular weight is 385 g/mol. The Morgan fingerprint density at radius 1 is 1.37 bits per heavy atom. The minimum Gasteiger partial charge on any atom is -0.508 e. The van der Waals surface area contributed by atoms with Gasteiger partial charge in [0.15, 0.2) is 0 Å². The lowest BCUT2D eigenvalue weighted by molar-refractivity contribution is 0.471. The molecule has 19 heavy (non-hydrogen) atoms. The van der Waals surface area contributed by atoms with Crippen LogP contribution < -0.4 is 5.32 Å². The van der Waals surface area contributed by atoms with E-state index in [1.165, 1.54) is 26.2 Å². The van der Waals surface area contributed by atoms with Gasteiger partial charge < -0.3 is 10.4 Å². The van der Waals surface area contributed by atoms with Crippen molar-refractivity contribution in [3.63, 3.8) is 0 Å². The van der Waals surface area contributed by atoms with Crippen molar-refractivity contribution in [2.75, 3.05) is 5.32 Å². The summed E-state index contributed by atoms with van der Waals surface area (Å²) in [6, 6.07) is 8.50. The molecule has 1 unspecified atom stereocenters. The molecule has 0 spiro atoms. The third-order valence-electron chi connectivity index (χ3n) is 3.63. The Morgan fingerprint density at radius 3 is 3.00 bits per heavy atom. The highest BCUT2D eigenvalue weighted by molar-refractivity contribution is 14.1. The first-order chi connectivity index (χ1) is 9.13. The van der Waals surface area contributed by atoms with Crippen LogP contribution in [-0.4, -0.2) is 5.11 Å². The molecule has 2 N–H and O–H groups in total. The molecule has 100 valence electrons. The van der Waals surface area contributed by atoms with Crippen molar-refractivity contribution in [2.45, 2.75) is 32.2 Å². The molecule has 1 aliphatic carbocycles. The van der Waals surface area contributed by atoms with E-state index >= 15 is 0 Å². The average Bonchev–Trinajstić information content (AvgIpc) is 2.75. The molecule has 0 aliphatic heterocycles. The maximum Gasteiger partial charge on any atom is 0.120 e. The molecule has 1 aliphatic rings. The zero-order valence-electron chi connectivity index (χ0n) is 10.7. The Hall–Kier alpha value is -0.750. The molecule has 2 nitrogen and oxygen atoms in total. The summed E-state index contributed by atoms with van der Waals surface area (Å²) in [7, 11) is 0. The Morgan fingerprint density at radius 2 is 2.21 bits per heavy atom. The molecule has 0 fully saturated rings. The Kier molecular flexibility index (Phi) is 3.71. The summed E-state index contributed by atoms with van der Waals surface area (Å²) in [6.07, 6.45) is 3.61. The third kappa shape index (κ3) is 2.74. The largest absolute Gasteiger partial charge is 0.508 e. The fourth-order valence-corrected chi connectivity index (χ4v) is 4.69. The number of benzene rings is 1. The molecule has 3 rings (SSSR count). The van der Waals surface area contributed by atoms with Gasteiger partial charge in [-0.25, -0.2) is 0 Å². The molecule has 4 heteroatoms. The third-order valence-corrected chi connectivity index (χ3v) is 5.60. The number of hydrogen-bond acceptors (Lipinski definition) is 3. The summed E-state index contributed by atoms with van der Waals surface area (Å²) in [5.74, 6) is 0.362. The van der Waals surface area contributed by atoms with E-state index in [-0.39, 0.29) is 0 Å². The van der Waals surface area contributed by atoms with Gasteiger partial charge in [0.2, 0.25) is 0 Å². The first-order valence-electron chi connectivity index (χ1n) is 6.48. The van der Waals surface area contributed by atoms with E-state index in [0.29, 0.717) is 11.8 Å². The van der Waals surface area contributed by atoms with Gasteiger partial charge in [0.05, 0.1) is 8.93 Å². The number of anilines is 1. The smallest absolute Gasteiger partial charge is 0.120 e. The highest BCUT2D eigenvalue weighted by Gasteiger charge is 2.22. The molecule has 2 aromatic rings. The van der Waals surface area contributed by atoms with Crippen LogP contribution >= 0.6 is 33.9 Å². The molecule has 0 saturated carbocycles. The predicted molar refractivity (Wildman–Crippen MR) is 89.2 cm³/mol. The summed E-state index contributed by atoms with van der Waals surface area (Å²) in [6.45, 7) is 1.92. The lowest BCUT2D eigenvalue weighted by atomic mass is 9.94. The van der Waals surface area contributed by atoms with E-state index in [1.807, 2.05) is 36.5 Å². The molecule has 1 aromatic heterocycles. The molecule has 1 heterocycles. The van der Waals surface area contributed by atoms with Crippen molar-refractivity contribution in [1.82, 2.24) is 0 Å². The van der Waals surface area contributed by atoms with Crippen LogP contribution in [0, 0.1) is 9.81 Å². The Bertz CT molecular complexity index is 608. The second-order valence-corrected chi connectivity index (χ2v) is 8.05. The zero-order chi connectivity index (χ0) is 13.4. The zero-order valence-corrected chi connectivity index (χ0v) is 13.7. The van der Waals surface area contributed by atoms with E-state index in [2.05, 4.69) is 34.0 Å². The van der Waals surface area contributed by atoms with Gasteiger partial charge in [-0.05, 0) is 72.0 Å². The number of aromatic hydroxyl groups is 1. The highest BCUT2D eigenvalue weighted by Crippen LogP contribution is 2.38. The second kappa shape index (κ2) is 5.32. The summed E-state index contributed by atoms with van der Waals surface area (Å²) in [5.41, 5.74) is 3.36. The molecule has 0 bridgehead atoms. The van der Waals surface area contributed by atoms with Crippen LogP contribution in [0.4, 0.5) is 5.69 Å². The van der Waals surface area contributed by atoms with Crippen molar-refractivity contribution < 1.29 is 5.11 Å². The fourth-order valence-electron chi connectivity index (χ4n) is 2.57. The summed E-state index contributed by atoms with van der Waals surface area (Å²) < 4.78 is 1.36. The van der Waals surface area contributed by atoms with Crippen molar-refractivity contribution in [2.24, 2.45) is 0 Å². The number of nitrogens with one attached hydrogen (secondary N) is 1. The van der Waals surface area contributed by atoms with Crippen LogP contribution in [0.5, 0.6) is 5.75 Å². The summed E-state index contributed by atoms with van der Waals surface area (Å²) >= 11 is 4.31. The van der Waals surface area contributed by atoms with Gasteiger partial charge in [0, 0.05) is 16.6 Å². The Labute approximate surface area is 131 Å². The molecular weight excluding hydrogens is 369 g/mol. The number of rotatable bonds is 2. The van der Waals surface area contributed by atoms with Crippen molar-refractivity contribution >= 4 is 39.6 Å². The monoisotopic (exact) mass is 385 g/mol. The number of thiophene rings is 1. The number of hydrogen-bond donors (Lipinski definition) is 2. The van der Waals surface area contributed by atoms with Crippen molar-refractivity contribution in [3.05, 3.63) is 43.2 Å². The van der Waals surface area contributed by atoms with Gasteiger partial charge in [-0.3, -0.25) is 0 Å². The number of fused-ring (bicyclic) bond motifs is 1. The lowest BCUT2D eigenvalue weighted by Crippen LogP contribution is -2.15. The van der Waals surface area contributed by atoms with E-state index in [4.69, 9.17) is 0 Å². The van der Waals surface area contributed by atoms with Gasteiger partial charge in [-0.2, -0.15) is 0 Å². The van der Waals surface area contributed by atoms with E-state index in [9.17, 15) is 5.11 Å². The number of aryl methyl sites for hydroxylation is 2. The number of phenolic OH excluding ortho intramolecular Hbond substituents is 1. The SMILES string of the molecule is Cc1ccc(NC2CCCc3sc(I)cc32)cc1O. The highest BCUT2D eigenvalue weighted by atomic mass is 127. The van der Waals surface area contributed by atoms with Crippen LogP contribution in [0.25, 0.3) is 0 Å². The molecule has 0 radical (unpaired) electrons. The summed E-state index contributed by atoms with van der Waals surface area (Å²) in [4.78, 5) is 1.52. The normalized spacial score (nSPS) is 18.1. The van der Waals surface area contributed by atoms with Gasteiger partial charge in [0.1, 0.15) is 5.75 Å².